The molecule has 0 unspecified atom stereocenters. The fraction of sp³-hybridized carbons (Fsp3) is 0.545. The van der Waals surface area contributed by atoms with Gasteiger partial charge in [0, 0.05) is 19.8 Å². The number of hydrogen-bond acceptors (Lipinski definition) is 3. The fourth-order valence-corrected chi connectivity index (χ4v) is 2.50. The van der Waals surface area contributed by atoms with Gasteiger partial charge in [0.15, 0.2) is 0 Å². The van der Waals surface area contributed by atoms with E-state index in [1.165, 1.54) is 22.6 Å². The second-order valence-electron chi connectivity index (χ2n) is 4.33. The van der Waals surface area contributed by atoms with Crippen molar-refractivity contribution in [2.45, 2.75) is 25.2 Å². The van der Waals surface area contributed by atoms with Crippen LogP contribution in [-0.2, 0) is 10.0 Å². The maximum atomic E-state index is 12.1. The third kappa shape index (κ3) is 3.94. The van der Waals surface area contributed by atoms with Crippen LogP contribution in [0.3, 0.4) is 0 Å². The van der Waals surface area contributed by atoms with Gasteiger partial charge in [-0.2, -0.15) is 0 Å². The molecule has 4 nitrogen and oxygen atoms in total. The van der Waals surface area contributed by atoms with Crippen molar-refractivity contribution in [3.63, 3.8) is 0 Å². The van der Waals surface area contributed by atoms with Gasteiger partial charge < -0.3 is 0 Å². The Morgan fingerprint density at radius 2 is 2.06 bits per heavy atom. The van der Waals surface area contributed by atoms with Gasteiger partial charge in [-0.3, -0.25) is 0 Å². The minimum absolute atomic E-state index is 0.174. The molecule has 0 bridgehead atoms. The molecule has 0 aliphatic carbocycles. The zero-order chi connectivity index (χ0) is 13.1. The smallest absolute Gasteiger partial charge is 0.243 e. The summed E-state index contributed by atoms with van der Waals surface area (Å²) in [6.07, 6.45) is 2.11. The Morgan fingerprint density at radius 1 is 1.41 bits per heavy atom. The summed E-state index contributed by atoms with van der Waals surface area (Å²) in [6.45, 7) is 4.62. The molecule has 0 spiro atoms. The Hall–Kier alpha value is -0.650. The molecule has 0 N–H and O–H groups in total. The summed E-state index contributed by atoms with van der Waals surface area (Å²) in [5.74, 6) is 0.469. The van der Waals surface area contributed by atoms with Crippen molar-refractivity contribution in [3.8, 4) is 0 Å². The van der Waals surface area contributed by atoms with E-state index in [0.717, 1.165) is 6.42 Å². The predicted octanol–water partition coefficient (Wildman–Crippen LogP) is 2.40. The summed E-state index contributed by atoms with van der Waals surface area (Å²) in [7, 11) is -1.86. The normalized spacial score (nSPS) is 12.4. The molecule has 0 saturated carbocycles. The Bertz CT molecular complexity index is 457. The average Bonchev–Trinajstić information content (AvgIpc) is 2.26. The lowest BCUT2D eigenvalue weighted by Gasteiger charge is -2.17. The van der Waals surface area contributed by atoms with Gasteiger partial charge in [-0.1, -0.05) is 25.4 Å². The molecule has 0 saturated heterocycles. The molecular formula is C11H17ClN2O2S. The molecular weight excluding hydrogens is 260 g/mol. The van der Waals surface area contributed by atoms with Crippen LogP contribution in [-0.4, -0.2) is 31.3 Å². The highest BCUT2D eigenvalue weighted by molar-refractivity contribution is 7.89. The second-order valence-corrected chi connectivity index (χ2v) is 6.76. The molecule has 0 atom stereocenters. The molecule has 1 rings (SSSR count). The number of rotatable bonds is 5. The van der Waals surface area contributed by atoms with Crippen molar-refractivity contribution in [2.75, 3.05) is 13.6 Å². The van der Waals surface area contributed by atoms with E-state index in [9.17, 15) is 8.42 Å². The summed E-state index contributed by atoms with van der Waals surface area (Å²) in [4.78, 5) is 3.96. The van der Waals surface area contributed by atoms with Gasteiger partial charge in [-0.25, -0.2) is 17.7 Å². The van der Waals surface area contributed by atoms with Crippen LogP contribution in [0.5, 0.6) is 0 Å². The zero-order valence-corrected chi connectivity index (χ0v) is 11.8. The first-order valence-corrected chi connectivity index (χ1v) is 7.23. The van der Waals surface area contributed by atoms with Crippen molar-refractivity contribution in [2.24, 2.45) is 5.92 Å². The molecule has 0 amide bonds. The maximum Gasteiger partial charge on any atom is 0.244 e. The van der Waals surface area contributed by atoms with Crippen LogP contribution in [0, 0.1) is 5.92 Å². The number of hydrogen-bond donors (Lipinski definition) is 0. The SMILES string of the molecule is CC(C)CCN(C)S(=O)(=O)c1ccc(Cl)nc1. The molecule has 96 valence electrons. The summed E-state index contributed by atoms with van der Waals surface area (Å²) in [5, 5.41) is 0.286. The Kier molecular flexibility index (Phi) is 4.91. The van der Waals surface area contributed by atoms with Crippen molar-refractivity contribution < 1.29 is 8.42 Å². The lowest BCUT2D eigenvalue weighted by atomic mass is 10.1. The molecule has 6 heteroatoms. The Balaban J connectivity index is 2.84. The zero-order valence-electron chi connectivity index (χ0n) is 10.2. The van der Waals surface area contributed by atoms with E-state index in [0.29, 0.717) is 12.5 Å². The fourth-order valence-electron chi connectivity index (χ4n) is 1.25. The number of pyridine rings is 1. The minimum atomic E-state index is -3.44. The third-order valence-electron chi connectivity index (χ3n) is 2.43. The molecule has 0 fully saturated rings. The standard InChI is InChI=1S/C11H17ClN2O2S/c1-9(2)6-7-14(3)17(15,16)10-4-5-11(12)13-8-10/h4-5,8-9H,6-7H2,1-3H3. The van der Waals surface area contributed by atoms with Crippen LogP contribution in [0.2, 0.25) is 5.15 Å². The molecule has 0 radical (unpaired) electrons. The molecule has 1 heterocycles. The molecule has 0 aromatic carbocycles. The van der Waals surface area contributed by atoms with Gasteiger partial charge in [-0.15, -0.1) is 0 Å². The third-order valence-corrected chi connectivity index (χ3v) is 4.49. The van der Waals surface area contributed by atoms with E-state index in [2.05, 4.69) is 18.8 Å². The van der Waals surface area contributed by atoms with Crippen LogP contribution < -0.4 is 0 Å². The highest BCUT2D eigenvalue weighted by Gasteiger charge is 2.20. The van der Waals surface area contributed by atoms with Gasteiger partial charge in [-0.05, 0) is 24.5 Å². The van der Waals surface area contributed by atoms with Crippen LogP contribution in [0.15, 0.2) is 23.2 Å². The summed E-state index contributed by atoms with van der Waals surface area (Å²) < 4.78 is 25.5. The topological polar surface area (TPSA) is 50.3 Å². The lowest BCUT2D eigenvalue weighted by Crippen LogP contribution is -2.28. The molecule has 0 aliphatic heterocycles. The lowest BCUT2D eigenvalue weighted by molar-refractivity contribution is 0.428. The van der Waals surface area contributed by atoms with E-state index >= 15 is 0 Å². The van der Waals surface area contributed by atoms with E-state index in [4.69, 9.17) is 11.6 Å². The summed E-state index contributed by atoms with van der Waals surface area (Å²) >= 11 is 5.62. The first-order valence-electron chi connectivity index (χ1n) is 5.42. The second kappa shape index (κ2) is 5.80. The molecule has 0 aliphatic rings. The van der Waals surface area contributed by atoms with Crippen molar-refractivity contribution in [1.29, 1.82) is 0 Å². The average molecular weight is 277 g/mol. The predicted molar refractivity (Wildman–Crippen MR) is 68.5 cm³/mol. The van der Waals surface area contributed by atoms with Gasteiger partial charge in [0.25, 0.3) is 0 Å². The molecule has 1 aromatic heterocycles. The highest BCUT2D eigenvalue weighted by Crippen LogP contribution is 2.16. The van der Waals surface area contributed by atoms with Crippen LogP contribution >= 0.6 is 11.6 Å². The van der Waals surface area contributed by atoms with Crippen LogP contribution in [0.1, 0.15) is 20.3 Å². The Labute approximate surface area is 108 Å². The highest BCUT2D eigenvalue weighted by atomic mass is 35.5. The van der Waals surface area contributed by atoms with E-state index in [1.54, 1.807) is 7.05 Å². The van der Waals surface area contributed by atoms with E-state index in [1.807, 2.05) is 0 Å². The van der Waals surface area contributed by atoms with Gasteiger partial charge in [0.05, 0.1) is 0 Å². The van der Waals surface area contributed by atoms with Crippen LogP contribution in [0.25, 0.3) is 0 Å². The van der Waals surface area contributed by atoms with E-state index < -0.39 is 10.0 Å². The Morgan fingerprint density at radius 3 is 2.53 bits per heavy atom. The van der Waals surface area contributed by atoms with Crippen molar-refractivity contribution in [1.82, 2.24) is 9.29 Å². The van der Waals surface area contributed by atoms with Crippen molar-refractivity contribution >= 4 is 21.6 Å². The van der Waals surface area contributed by atoms with Crippen molar-refractivity contribution in [3.05, 3.63) is 23.5 Å². The first-order chi connectivity index (χ1) is 7.84. The largest absolute Gasteiger partial charge is 0.244 e. The summed E-state index contributed by atoms with van der Waals surface area (Å²) in [6, 6.07) is 2.95. The number of halogens is 1. The number of nitrogens with zero attached hydrogens (tertiary/aromatic N) is 2. The molecule has 17 heavy (non-hydrogen) atoms. The maximum absolute atomic E-state index is 12.1. The van der Waals surface area contributed by atoms with Crippen LogP contribution in [0.4, 0.5) is 0 Å². The van der Waals surface area contributed by atoms with Gasteiger partial charge in [0.2, 0.25) is 10.0 Å². The van der Waals surface area contributed by atoms with Gasteiger partial charge in [0.1, 0.15) is 10.0 Å². The summed E-state index contributed by atoms with van der Waals surface area (Å²) in [5.41, 5.74) is 0. The monoisotopic (exact) mass is 276 g/mol. The number of sulfonamides is 1. The quantitative estimate of drug-likeness (QED) is 0.776. The van der Waals surface area contributed by atoms with E-state index in [-0.39, 0.29) is 10.0 Å². The minimum Gasteiger partial charge on any atom is -0.243 e. The van der Waals surface area contributed by atoms with Gasteiger partial charge >= 0.3 is 0 Å². The number of aromatic nitrogens is 1. The molecule has 1 aromatic rings. The first kappa shape index (κ1) is 14.4.